The SMILES string of the molecule is CCNC(=NCC(C)(C)N1CCCCC1)NCCCCN1CCN(CC)CC1.I. The number of likely N-dealkylation sites (tertiary alicyclic amines) is 1. The van der Waals surface area contributed by atoms with Crippen molar-refractivity contribution in [3.8, 4) is 0 Å². The highest BCUT2D eigenvalue weighted by Crippen LogP contribution is 2.20. The van der Waals surface area contributed by atoms with E-state index in [2.05, 4.69) is 53.0 Å². The van der Waals surface area contributed by atoms with Crippen LogP contribution in [0.5, 0.6) is 0 Å². The van der Waals surface area contributed by atoms with E-state index >= 15 is 0 Å². The first kappa shape index (κ1) is 26.9. The third-order valence-electron chi connectivity index (χ3n) is 6.29. The molecule has 172 valence electrons. The van der Waals surface area contributed by atoms with Crippen LogP contribution >= 0.6 is 24.0 Å². The molecule has 2 saturated heterocycles. The summed E-state index contributed by atoms with van der Waals surface area (Å²) < 4.78 is 0. The summed E-state index contributed by atoms with van der Waals surface area (Å²) in [6.07, 6.45) is 6.51. The van der Waals surface area contributed by atoms with E-state index < -0.39 is 0 Å². The van der Waals surface area contributed by atoms with Gasteiger partial charge in [0.1, 0.15) is 0 Å². The van der Waals surface area contributed by atoms with Crippen molar-refractivity contribution in [1.29, 1.82) is 0 Å². The second-order valence-electron chi connectivity index (χ2n) is 8.97. The van der Waals surface area contributed by atoms with Gasteiger partial charge in [-0.25, -0.2) is 0 Å². The Bertz CT molecular complexity index is 443. The van der Waals surface area contributed by atoms with Crippen molar-refractivity contribution in [1.82, 2.24) is 25.3 Å². The third-order valence-corrected chi connectivity index (χ3v) is 6.29. The first-order chi connectivity index (χ1) is 13.5. The first-order valence-corrected chi connectivity index (χ1v) is 11.8. The summed E-state index contributed by atoms with van der Waals surface area (Å²) in [5.74, 6) is 0.976. The molecule has 0 aromatic rings. The number of nitrogens with one attached hydrogen (secondary N) is 2. The van der Waals surface area contributed by atoms with Gasteiger partial charge in [-0.3, -0.25) is 9.89 Å². The molecule has 0 bridgehead atoms. The molecule has 29 heavy (non-hydrogen) atoms. The Balaban J connectivity index is 0.00000420. The van der Waals surface area contributed by atoms with E-state index in [1.54, 1.807) is 0 Å². The van der Waals surface area contributed by atoms with Crippen LogP contribution in [0.3, 0.4) is 0 Å². The predicted octanol–water partition coefficient (Wildman–Crippen LogP) is 2.84. The molecule has 0 unspecified atom stereocenters. The first-order valence-electron chi connectivity index (χ1n) is 11.8. The van der Waals surface area contributed by atoms with Crippen molar-refractivity contribution in [2.75, 3.05) is 72.0 Å². The average molecular weight is 523 g/mol. The van der Waals surface area contributed by atoms with Crippen LogP contribution in [-0.2, 0) is 0 Å². The number of piperidine rings is 1. The van der Waals surface area contributed by atoms with Crippen LogP contribution < -0.4 is 10.6 Å². The number of aliphatic imine (C=N–C) groups is 1. The molecule has 0 spiro atoms. The van der Waals surface area contributed by atoms with E-state index in [-0.39, 0.29) is 29.5 Å². The molecule has 6 nitrogen and oxygen atoms in total. The summed E-state index contributed by atoms with van der Waals surface area (Å²) >= 11 is 0. The van der Waals surface area contributed by atoms with Gasteiger partial charge in [0, 0.05) is 44.8 Å². The van der Waals surface area contributed by atoms with Crippen LogP contribution in [0.15, 0.2) is 4.99 Å². The molecule has 0 saturated carbocycles. The van der Waals surface area contributed by atoms with Crippen molar-refractivity contribution < 1.29 is 0 Å². The lowest BCUT2D eigenvalue weighted by Crippen LogP contribution is -2.49. The summed E-state index contributed by atoms with van der Waals surface area (Å²) in [5, 5.41) is 6.96. The molecule has 2 aliphatic rings. The molecule has 2 N–H and O–H groups in total. The zero-order valence-electron chi connectivity index (χ0n) is 19.5. The van der Waals surface area contributed by atoms with Crippen molar-refractivity contribution in [2.24, 2.45) is 4.99 Å². The van der Waals surface area contributed by atoms with Gasteiger partial charge in [-0.1, -0.05) is 13.3 Å². The summed E-state index contributed by atoms with van der Waals surface area (Å²) in [6, 6.07) is 0. The second kappa shape index (κ2) is 14.8. The Kier molecular flexibility index (Phi) is 13.7. The van der Waals surface area contributed by atoms with Crippen LogP contribution in [0.2, 0.25) is 0 Å². The monoisotopic (exact) mass is 522 g/mol. The lowest BCUT2D eigenvalue weighted by atomic mass is 9.99. The van der Waals surface area contributed by atoms with Gasteiger partial charge in [-0.2, -0.15) is 0 Å². The van der Waals surface area contributed by atoms with Gasteiger partial charge in [0.15, 0.2) is 5.96 Å². The minimum absolute atomic E-state index is 0. The topological polar surface area (TPSA) is 46.1 Å². The van der Waals surface area contributed by atoms with Gasteiger partial charge >= 0.3 is 0 Å². The molecule has 7 heteroatoms. The van der Waals surface area contributed by atoms with E-state index in [1.807, 2.05) is 0 Å². The number of nitrogens with zero attached hydrogens (tertiary/aromatic N) is 4. The van der Waals surface area contributed by atoms with Gasteiger partial charge in [-0.05, 0) is 72.6 Å². The number of guanidine groups is 1. The molecule has 0 amide bonds. The van der Waals surface area contributed by atoms with Crippen LogP contribution in [0.1, 0.15) is 59.8 Å². The molecule has 0 aliphatic carbocycles. The Morgan fingerprint density at radius 2 is 1.52 bits per heavy atom. The molecule has 0 radical (unpaired) electrons. The third kappa shape index (κ3) is 10.2. The minimum Gasteiger partial charge on any atom is -0.357 e. The number of hydrogen-bond acceptors (Lipinski definition) is 4. The zero-order chi connectivity index (χ0) is 20.2. The quantitative estimate of drug-likeness (QED) is 0.200. The molecule has 2 fully saturated rings. The maximum absolute atomic E-state index is 4.90. The molecule has 0 atom stereocenters. The zero-order valence-corrected chi connectivity index (χ0v) is 21.8. The Labute approximate surface area is 197 Å². The number of halogens is 1. The molecule has 2 heterocycles. The summed E-state index contributed by atoms with van der Waals surface area (Å²) in [7, 11) is 0. The van der Waals surface area contributed by atoms with Crippen molar-refractivity contribution in [3.63, 3.8) is 0 Å². The maximum atomic E-state index is 4.90. The molecular formula is C22H47IN6. The number of unbranched alkanes of at least 4 members (excludes halogenated alkanes) is 1. The van der Waals surface area contributed by atoms with Crippen molar-refractivity contribution in [2.45, 2.75) is 65.3 Å². The highest BCUT2D eigenvalue weighted by Gasteiger charge is 2.27. The van der Waals surface area contributed by atoms with Crippen molar-refractivity contribution >= 4 is 29.9 Å². The molecule has 2 rings (SSSR count). The number of likely N-dealkylation sites (N-methyl/N-ethyl adjacent to an activating group) is 1. The minimum atomic E-state index is 0. The largest absolute Gasteiger partial charge is 0.357 e. The predicted molar refractivity (Wildman–Crippen MR) is 137 cm³/mol. The van der Waals surface area contributed by atoms with E-state index in [9.17, 15) is 0 Å². The molecule has 2 aliphatic heterocycles. The van der Waals surface area contributed by atoms with E-state index in [4.69, 9.17) is 4.99 Å². The average Bonchev–Trinajstić information content (AvgIpc) is 2.73. The fourth-order valence-electron chi connectivity index (χ4n) is 4.21. The van der Waals surface area contributed by atoms with Gasteiger partial charge < -0.3 is 20.4 Å². The number of hydrogen-bond donors (Lipinski definition) is 2. The summed E-state index contributed by atoms with van der Waals surface area (Å²) in [6.45, 7) is 21.7. The normalized spacial score (nSPS) is 20.3. The van der Waals surface area contributed by atoms with Gasteiger partial charge in [0.05, 0.1) is 6.54 Å². The lowest BCUT2D eigenvalue weighted by molar-refractivity contribution is 0.102. The van der Waals surface area contributed by atoms with Gasteiger partial charge in [0.25, 0.3) is 0 Å². The Hall–Kier alpha value is -0.120. The van der Waals surface area contributed by atoms with Gasteiger partial charge in [-0.15, -0.1) is 24.0 Å². The number of rotatable bonds is 10. The van der Waals surface area contributed by atoms with Crippen LogP contribution in [0.25, 0.3) is 0 Å². The molecule has 0 aromatic carbocycles. The Morgan fingerprint density at radius 3 is 2.14 bits per heavy atom. The van der Waals surface area contributed by atoms with Crippen molar-refractivity contribution in [3.05, 3.63) is 0 Å². The maximum Gasteiger partial charge on any atom is 0.191 e. The number of piperazine rings is 1. The molecular weight excluding hydrogens is 475 g/mol. The lowest BCUT2D eigenvalue weighted by Gasteiger charge is -2.40. The van der Waals surface area contributed by atoms with E-state index in [1.165, 1.54) is 84.5 Å². The van der Waals surface area contributed by atoms with Gasteiger partial charge in [0.2, 0.25) is 0 Å². The second-order valence-corrected chi connectivity index (χ2v) is 8.97. The van der Waals surface area contributed by atoms with E-state index in [0.717, 1.165) is 25.6 Å². The van der Waals surface area contributed by atoms with Crippen LogP contribution in [-0.4, -0.2) is 98.2 Å². The highest BCUT2D eigenvalue weighted by molar-refractivity contribution is 14.0. The van der Waals surface area contributed by atoms with E-state index in [0.29, 0.717) is 0 Å². The molecule has 0 aromatic heterocycles. The standard InChI is InChI=1S/C22H46N6.HI/c1-5-23-21(25-20-22(3,4)28-14-9-7-10-15-28)24-12-8-11-13-27-18-16-26(6-2)17-19-27;/h5-20H2,1-4H3,(H2,23,24,25);1H. The summed E-state index contributed by atoms with van der Waals surface area (Å²) in [5.41, 5.74) is 0.142. The highest BCUT2D eigenvalue weighted by atomic mass is 127. The summed E-state index contributed by atoms with van der Waals surface area (Å²) in [4.78, 5) is 12.7. The fraction of sp³-hybridized carbons (Fsp3) is 0.955. The Morgan fingerprint density at radius 1 is 0.862 bits per heavy atom. The van der Waals surface area contributed by atoms with Crippen LogP contribution in [0.4, 0.5) is 0 Å². The fourth-order valence-corrected chi connectivity index (χ4v) is 4.21. The smallest absolute Gasteiger partial charge is 0.191 e. The van der Waals surface area contributed by atoms with Crippen LogP contribution in [0, 0.1) is 0 Å².